The van der Waals surface area contributed by atoms with E-state index in [1.165, 1.54) is 69.0 Å². The van der Waals surface area contributed by atoms with Gasteiger partial charge in [-0.3, -0.25) is 4.57 Å². The first-order valence-electron chi connectivity index (χ1n) is 18.9. The van der Waals surface area contributed by atoms with E-state index in [0.717, 1.165) is 27.5 Å². The standard InChI is InChI=1S/C51H30N4S/c1-3-16-33(17-4-1)49-52-50(34-18-5-2-6-19-34)54-51(53-49)55-42-29-28-32-15-9-10-21-37(32)43(42)45-44-41-25-13-24-38(36-27-26-31-14-7-8-20-35(31)30-36)47(41)56-48(44)40-23-12-11-22-39(40)46(45)55/h1-30H. The van der Waals surface area contributed by atoms with Crippen molar-refractivity contribution >= 4 is 85.6 Å². The first-order valence-corrected chi connectivity index (χ1v) is 19.7. The second-order valence-corrected chi connectivity index (χ2v) is 15.4. The van der Waals surface area contributed by atoms with Gasteiger partial charge in [0.2, 0.25) is 5.95 Å². The molecular weight excluding hydrogens is 701 g/mol. The van der Waals surface area contributed by atoms with Crippen molar-refractivity contribution in [3.8, 4) is 39.9 Å². The normalized spacial score (nSPS) is 11.9. The van der Waals surface area contributed by atoms with Crippen molar-refractivity contribution in [1.82, 2.24) is 19.5 Å². The van der Waals surface area contributed by atoms with Crippen LogP contribution < -0.4 is 0 Å². The van der Waals surface area contributed by atoms with Gasteiger partial charge in [0.05, 0.1) is 11.0 Å². The Kier molecular flexibility index (Phi) is 6.76. The van der Waals surface area contributed by atoms with E-state index in [9.17, 15) is 0 Å². The maximum Gasteiger partial charge on any atom is 0.238 e. The van der Waals surface area contributed by atoms with E-state index in [1.54, 1.807) is 0 Å². The predicted octanol–water partition coefficient (Wildman–Crippen LogP) is 13.8. The predicted molar refractivity (Wildman–Crippen MR) is 236 cm³/mol. The molecule has 0 radical (unpaired) electrons. The molecule has 0 amide bonds. The lowest BCUT2D eigenvalue weighted by molar-refractivity contribution is 0.955. The lowest BCUT2D eigenvalue weighted by Crippen LogP contribution is -2.06. The topological polar surface area (TPSA) is 43.6 Å². The van der Waals surface area contributed by atoms with E-state index in [4.69, 9.17) is 15.0 Å². The van der Waals surface area contributed by atoms with Crippen molar-refractivity contribution in [2.45, 2.75) is 0 Å². The number of nitrogens with zero attached hydrogens (tertiary/aromatic N) is 4. The number of aromatic nitrogens is 4. The van der Waals surface area contributed by atoms with Crippen LogP contribution >= 0.6 is 11.3 Å². The van der Waals surface area contributed by atoms with Crippen molar-refractivity contribution in [3.63, 3.8) is 0 Å². The summed E-state index contributed by atoms with van der Waals surface area (Å²) in [6.45, 7) is 0. The zero-order chi connectivity index (χ0) is 36.7. The Balaban J connectivity index is 1.27. The molecule has 0 aliphatic heterocycles. The fourth-order valence-corrected chi connectivity index (χ4v) is 10.1. The van der Waals surface area contributed by atoms with Gasteiger partial charge in [-0.05, 0) is 44.8 Å². The minimum atomic E-state index is 0.592. The third-order valence-electron chi connectivity index (χ3n) is 11.2. The summed E-state index contributed by atoms with van der Waals surface area (Å²) in [6, 6.07) is 64.8. The zero-order valence-corrected chi connectivity index (χ0v) is 30.8. The third-order valence-corrected chi connectivity index (χ3v) is 12.5. The van der Waals surface area contributed by atoms with Gasteiger partial charge in [0, 0.05) is 52.8 Å². The van der Waals surface area contributed by atoms with Crippen LogP contribution in [0.2, 0.25) is 0 Å². The maximum atomic E-state index is 5.31. The Bertz CT molecular complexity index is 3470. The summed E-state index contributed by atoms with van der Waals surface area (Å²) in [5.74, 6) is 1.86. The Morgan fingerprint density at radius 3 is 1.73 bits per heavy atom. The summed E-state index contributed by atoms with van der Waals surface area (Å²) in [5.41, 5.74) is 6.51. The second-order valence-electron chi connectivity index (χ2n) is 14.4. The molecule has 0 saturated carbocycles. The van der Waals surface area contributed by atoms with Crippen LogP contribution in [0.4, 0.5) is 0 Å². The first kappa shape index (κ1) is 31.2. The molecule has 3 aromatic heterocycles. The summed E-state index contributed by atoms with van der Waals surface area (Å²) < 4.78 is 4.87. The Labute approximate surface area is 325 Å². The highest BCUT2D eigenvalue weighted by Gasteiger charge is 2.26. The first-order chi connectivity index (χ1) is 27.8. The molecular formula is C51H30N4S. The molecule has 3 heterocycles. The van der Waals surface area contributed by atoms with Crippen LogP contribution in [0, 0.1) is 0 Å². The van der Waals surface area contributed by atoms with Gasteiger partial charge in [-0.15, -0.1) is 11.3 Å². The number of benzene rings is 9. The molecule has 5 heteroatoms. The third kappa shape index (κ3) is 4.62. The SMILES string of the molecule is c1ccc(-c2nc(-c3ccccc3)nc(-n3c4ccc5ccccc5c4c4c5c6cccc(-c7ccc8ccccc8c7)c6sc5c5ccccc5c43)n2)cc1. The lowest BCUT2D eigenvalue weighted by Gasteiger charge is -2.12. The molecule has 0 bridgehead atoms. The van der Waals surface area contributed by atoms with Gasteiger partial charge in [0.1, 0.15) is 0 Å². The Morgan fingerprint density at radius 1 is 0.375 bits per heavy atom. The Hall–Kier alpha value is -7.21. The van der Waals surface area contributed by atoms with Crippen LogP contribution in [-0.4, -0.2) is 19.5 Å². The van der Waals surface area contributed by atoms with Gasteiger partial charge < -0.3 is 0 Å². The number of hydrogen-bond donors (Lipinski definition) is 0. The van der Waals surface area contributed by atoms with Gasteiger partial charge in [0.15, 0.2) is 11.6 Å². The van der Waals surface area contributed by atoms with E-state index in [1.807, 2.05) is 47.7 Å². The molecule has 12 rings (SSSR count). The van der Waals surface area contributed by atoms with Crippen LogP contribution in [0.15, 0.2) is 182 Å². The van der Waals surface area contributed by atoms with Crippen molar-refractivity contribution in [2.75, 3.05) is 0 Å². The van der Waals surface area contributed by atoms with E-state index < -0.39 is 0 Å². The van der Waals surface area contributed by atoms with Gasteiger partial charge in [-0.2, -0.15) is 9.97 Å². The molecule has 260 valence electrons. The van der Waals surface area contributed by atoms with Crippen molar-refractivity contribution in [2.24, 2.45) is 0 Å². The van der Waals surface area contributed by atoms with Crippen LogP contribution in [-0.2, 0) is 0 Å². The summed E-state index contributed by atoms with van der Waals surface area (Å²) in [6.07, 6.45) is 0. The highest BCUT2D eigenvalue weighted by atomic mass is 32.1. The highest BCUT2D eigenvalue weighted by Crippen LogP contribution is 2.51. The number of hydrogen-bond acceptors (Lipinski definition) is 4. The number of thiophene rings is 1. The molecule has 0 aliphatic rings. The van der Waals surface area contributed by atoms with Crippen LogP contribution in [0.1, 0.15) is 0 Å². The van der Waals surface area contributed by atoms with Crippen molar-refractivity contribution in [3.05, 3.63) is 182 Å². The van der Waals surface area contributed by atoms with Crippen LogP contribution in [0.25, 0.3) is 114 Å². The lowest BCUT2D eigenvalue weighted by atomic mass is 9.95. The minimum absolute atomic E-state index is 0.592. The molecule has 56 heavy (non-hydrogen) atoms. The fraction of sp³-hybridized carbons (Fsp3) is 0. The van der Waals surface area contributed by atoms with E-state index in [2.05, 4.69) is 150 Å². The molecule has 0 fully saturated rings. The molecule has 0 saturated heterocycles. The molecule has 0 N–H and O–H groups in total. The number of fused-ring (bicyclic) bond motifs is 13. The largest absolute Gasteiger partial charge is 0.277 e. The van der Waals surface area contributed by atoms with Crippen molar-refractivity contribution < 1.29 is 0 Å². The van der Waals surface area contributed by atoms with Crippen molar-refractivity contribution in [1.29, 1.82) is 0 Å². The van der Waals surface area contributed by atoms with Crippen LogP contribution in [0.5, 0.6) is 0 Å². The average molecular weight is 731 g/mol. The summed E-state index contributed by atoms with van der Waals surface area (Å²) in [5, 5.41) is 12.2. The van der Waals surface area contributed by atoms with E-state index >= 15 is 0 Å². The quantitative estimate of drug-likeness (QED) is 0.181. The van der Waals surface area contributed by atoms with Gasteiger partial charge in [0.25, 0.3) is 0 Å². The van der Waals surface area contributed by atoms with E-state index in [0.29, 0.717) is 17.6 Å². The minimum Gasteiger partial charge on any atom is -0.277 e. The van der Waals surface area contributed by atoms with E-state index in [-0.39, 0.29) is 0 Å². The molecule has 4 nitrogen and oxygen atoms in total. The molecule has 0 unspecified atom stereocenters. The molecule has 0 spiro atoms. The summed E-state index contributed by atoms with van der Waals surface area (Å²) in [4.78, 5) is 15.7. The van der Waals surface area contributed by atoms with Gasteiger partial charge in [-0.25, -0.2) is 4.98 Å². The fourth-order valence-electron chi connectivity index (χ4n) is 8.69. The summed E-state index contributed by atoms with van der Waals surface area (Å²) in [7, 11) is 0. The van der Waals surface area contributed by atoms with Crippen LogP contribution in [0.3, 0.4) is 0 Å². The molecule has 0 aliphatic carbocycles. The number of rotatable bonds is 4. The average Bonchev–Trinajstić information content (AvgIpc) is 3.84. The van der Waals surface area contributed by atoms with Gasteiger partial charge in [-0.1, -0.05) is 170 Å². The maximum absolute atomic E-state index is 5.31. The zero-order valence-electron chi connectivity index (χ0n) is 30.0. The molecule has 0 atom stereocenters. The van der Waals surface area contributed by atoms with Gasteiger partial charge >= 0.3 is 0 Å². The molecule has 12 aromatic rings. The smallest absolute Gasteiger partial charge is 0.238 e. The Morgan fingerprint density at radius 2 is 0.982 bits per heavy atom. The second kappa shape index (κ2) is 12.2. The monoisotopic (exact) mass is 730 g/mol. The summed E-state index contributed by atoms with van der Waals surface area (Å²) >= 11 is 1.90. The molecule has 9 aromatic carbocycles. The highest BCUT2D eigenvalue weighted by molar-refractivity contribution is 7.27.